The molecule has 0 saturated carbocycles. The summed E-state index contributed by atoms with van der Waals surface area (Å²) in [7, 11) is 0. The lowest BCUT2D eigenvalue weighted by atomic mass is 10.0. The van der Waals surface area contributed by atoms with Gasteiger partial charge < -0.3 is 0 Å². The molecule has 7 nitrogen and oxygen atoms in total. The Labute approximate surface area is 131 Å². The van der Waals surface area contributed by atoms with Crippen molar-refractivity contribution < 1.29 is 0 Å². The van der Waals surface area contributed by atoms with Gasteiger partial charge in [0.2, 0.25) is 0 Å². The van der Waals surface area contributed by atoms with Gasteiger partial charge in [-0.15, -0.1) is 5.10 Å². The van der Waals surface area contributed by atoms with Crippen LogP contribution in [0, 0.1) is 0 Å². The van der Waals surface area contributed by atoms with Crippen LogP contribution in [0.1, 0.15) is 44.9 Å². The monoisotopic (exact) mass is 303 g/mol. The normalized spacial score (nSPS) is 19.6. The van der Waals surface area contributed by atoms with Crippen LogP contribution in [-0.2, 0) is 19.6 Å². The molecule has 120 valence electrons. The zero-order valence-electron chi connectivity index (χ0n) is 13.3. The van der Waals surface area contributed by atoms with Crippen molar-refractivity contribution in [1.82, 2.24) is 34.9 Å². The van der Waals surface area contributed by atoms with Crippen LogP contribution in [0.5, 0.6) is 0 Å². The van der Waals surface area contributed by atoms with Gasteiger partial charge in [0.15, 0.2) is 5.82 Å². The number of rotatable bonds is 7. The second-order valence-electron chi connectivity index (χ2n) is 6.02. The minimum Gasteiger partial charge on any atom is -0.291 e. The summed E-state index contributed by atoms with van der Waals surface area (Å²) in [5, 5.41) is 16.6. The standard InChI is InChI=1S/C15H25N7/c1-2-3-11-22-15(17-18-19-22)13-20-9-5-4-7-14(20)12-21-10-6-8-16-21/h6,8,10,14H,2-5,7,9,11-13H2,1H3/t14-/m0/s1. The summed E-state index contributed by atoms with van der Waals surface area (Å²) in [5.74, 6) is 0.987. The summed E-state index contributed by atoms with van der Waals surface area (Å²) in [6.45, 7) is 6.00. The Morgan fingerprint density at radius 2 is 2.27 bits per heavy atom. The van der Waals surface area contributed by atoms with Crippen LogP contribution in [-0.4, -0.2) is 47.5 Å². The van der Waals surface area contributed by atoms with Gasteiger partial charge in [0, 0.05) is 25.0 Å². The number of hydrogen-bond acceptors (Lipinski definition) is 5. The van der Waals surface area contributed by atoms with Gasteiger partial charge in [-0.2, -0.15) is 5.10 Å². The molecule has 0 spiro atoms. The van der Waals surface area contributed by atoms with Gasteiger partial charge in [-0.25, -0.2) is 4.68 Å². The van der Waals surface area contributed by atoms with Gasteiger partial charge in [-0.1, -0.05) is 19.8 Å². The third-order valence-electron chi connectivity index (χ3n) is 4.38. The molecule has 1 saturated heterocycles. The van der Waals surface area contributed by atoms with E-state index >= 15 is 0 Å². The van der Waals surface area contributed by atoms with E-state index in [0.29, 0.717) is 6.04 Å². The van der Waals surface area contributed by atoms with Crippen molar-refractivity contribution in [1.29, 1.82) is 0 Å². The summed E-state index contributed by atoms with van der Waals surface area (Å²) in [6.07, 6.45) is 9.93. The van der Waals surface area contributed by atoms with E-state index in [1.807, 2.05) is 27.8 Å². The summed E-state index contributed by atoms with van der Waals surface area (Å²) in [6, 6.07) is 2.50. The van der Waals surface area contributed by atoms with Gasteiger partial charge in [0.1, 0.15) is 0 Å². The van der Waals surface area contributed by atoms with E-state index < -0.39 is 0 Å². The maximum Gasteiger partial charge on any atom is 0.165 e. The van der Waals surface area contributed by atoms with Crippen LogP contribution in [0.3, 0.4) is 0 Å². The maximum absolute atomic E-state index is 4.34. The number of unbranched alkanes of at least 4 members (excludes halogenated alkanes) is 1. The van der Waals surface area contributed by atoms with Gasteiger partial charge in [0.05, 0.1) is 13.1 Å². The van der Waals surface area contributed by atoms with Crippen molar-refractivity contribution in [3.63, 3.8) is 0 Å². The number of likely N-dealkylation sites (tertiary alicyclic amines) is 1. The Morgan fingerprint density at radius 3 is 3.09 bits per heavy atom. The average molecular weight is 303 g/mol. The molecule has 3 rings (SSSR count). The predicted octanol–water partition coefficient (Wildman–Crippen LogP) is 1.72. The van der Waals surface area contributed by atoms with Crippen molar-refractivity contribution in [2.75, 3.05) is 6.54 Å². The molecule has 2 aromatic heterocycles. The molecule has 0 N–H and O–H groups in total. The Kier molecular flexibility index (Phi) is 5.15. The topological polar surface area (TPSA) is 64.7 Å². The molecule has 1 fully saturated rings. The minimum absolute atomic E-state index is 0.518. The molecule has 0 bridgehead atoms. The van der Waals surface area contributed by atoms with Crippen LogP contribution in [0.2, 0.25) is 0 Å². The smallest absolute Gasteiger partial charge is 0.165 e. The number of aromatic nitrogens is 6. The van der Waals surface area contributed by atoms with Gasteiger partial charge in [-0.05, 0) is 42.3 Å². The highest BCUT2D eigenvalue weighted by atomic mass is 15.5. The Balaban J connectivity index is 1.65. The molecule has 7 heteroatoms. The molecule has 0 unspecified atom stereocenters. The minimum atomic E-state index is 0.518. The van der Waals surface area contributed by atoms with Crippen molar-refractivity contribution in [3.05, 3.63) is 24.3 Å². The first kappa shape index (κ1) is 15.1. The summed E-state index contributed by atoms with van der Waals surface area (Å²) in [4.78, 5) is 2.51. The van der Waals surface area contributed by atoms with E-state index in [1.165, 1.54) is 19.3 Å². The molecule has 0 aliphatic carbocycles. The summed E-state index contributed by atoms with van der Waals surface area (Å²) >= 11 is 0. The SMILES string of the molecule is CCCCn1nnnc1CN1CCCC[C@H]1Cn1cccn1. The van der Waals surface area contributed by atoms with E-state index in [4.69, 9.17) is 0 Å². The molecular formula is C15H25N7. The third kappa shape index (κ3) is 3.71. The van der Waals surface area contributed by atoms with Gasteiger partial charge in [-0.3, -0.25) is 9.58 Å². The van der Waals surface area contributed by atoms with Crippen molar-refractivity contribution in [2.45, 2.75) is 64.7 Å². The van der Waals surface area contributed by atoms with Crippen LogP contribution >= 0.6 is 0 Å². The summed E-state index contributed by atoms with van der Waals surface area (Å²) in [5.41, 5.74) is 0. The van der Waals surface area contributed by atoms with Crippen LogP contribution in [0.25, 0.3) is 0 Å². The fraction of sp³-hybridized carbons (Fsp3) is 0.733. The molecule has 1 atom stereocenters. The quantitative estimate of drug-likeness (QED) is 0.779. The second-order valence-corrected chi connectivity index (χ2v) is 6.02. The molecule has 0 aromatic carbocycles. The van der Waals surface area contributed by atoms with E-state index in [1.54, 1.807) is 0 Å². The fourth-order valence-corrected chi connectivity index (χ4v) is 3.10. The first-order valence-corrected chi connectivity index (χ1v) is 8.33. The van der Waals surface area contributed by atoms with Crippen LogP contribution in [0.4, 0.5) is 0 Å². The second kappa shape index (κ2) is 7.49. The van der Waals surface area contributed by atoms with Crippen molar-refractivity contribution >= 4 is 0 Å². The molecule has 22 heavy (non-hydrogen) atoms. The Hall–Kier alpha value is -1.76. The first-order chi connectivity index (χ1) is 10.9. The van der Waals surface area contributed by atoms with Crippen LogP contribution in [0.15, 0.2) is 18.5 Å². The van der Waals surface area contributed by atoms with Gasteiger partial charge in [0.25, 0.3) is 0 Å². The van der Waals surface area contributed by atoms with Crippen LogP contribution < -0.4 is 0 Å². The predicted molar refractivity (Wildman–Crippen MR) is 83.0 cm³/mol. The van der Waals surface area contributed by atoms with Gasteiger partial charge >= 0.3 is 0 Å². The lowest BCUT2D eigenvalue weighted by Gasteiger charge is -2.35. The molecule has 2 aromatic rings. The highest BCUT2D eigenvalue weighted by Gasteiger charge is 2.24. The van der Waals surface area contributed by atoms with E-state index in [-0.39, 0.29) is 0 Å². The lowest BCUT2D eigenvalue weighted by molar-refractivity contribution is 0.116. The zero-order chi connectivity index (χ0) is 15.2. The first-order valence-electron chi connectivity index (χ1n) is 8.33. The van der Waals surface area contributed by atoms with E-state index in [0.717, 1.165) is 44.8 Å². The fourth-order valence-electron chi connectivity index (χ4n) is 3.10. The van der Waals surface area contributed by atoms with E-state index in [2.05, 4.69) is 32.4 Å². The number of tetrazole rings is 1. The van der Waals surface area contributed by atoms with Crippen molar-refractivity contribution in [3.8, 4) is 0 Å². The molecule has 1 aliphatic rings. The number of piperidine rings is 1. The Bertz CT molecular complexity index is 548. The highest BCUT2D eigenvalue weighted by Crippen LogP contribution is 2.20. The largest absolute Gasteiger partial charge is 0.291 e. The molecule has 1 aliphatic heterocycles. The third-order valence-corrected chi connectivity index (χ3v) is 4.38. The Morgan fingerprint density at radius 1 is 1.32 bits per heavy atom. The van der Waals surface area contributed by atoms with E-state index in [9.17, 15) is 0 Å². The maximum atomic E-state index is 4.34. The van der Waals surface area contributed by atoms with Crippen molar-refractivity contribution in [2.24, 2.45) is 0 Å². The number of hydrogen-bond donors (Lipinski definition) is 0. The summed E-state index contributed by atoms with van der Waals surface area (Å²) < 4.78 is 3.99. The molecule has 0 amide bonds. The average Bonchev–Trinajstić information content (AvgIpc) is 3.19. The molecule has 0 radical (unpaired) electrons. The molecular weight excluding hydrogens is 278 g/mol. The zero-order valence-corrected chi connectivity index (χ0v) is 13.3. The lowest BCUT2D eigenvalue weighted by Crippen LogP contribution is -2.42. The highest BCUT2D eigenvalue weighted by molar-refractivity contribution is 4.87. The number of aryl methyl sites for hydroxylation is 1. The number of nitrogens with zero attached hydrogens (tertiary/aromatic N) is 7. The molecule has 3 heterocycles.